The number of likely N-dealkylation sites (tertiary alicyclic amines) is 1. The highest BCUT2D eigenvalue weighted by atomic mass is 32.1. The second kappa shape index (κ2) is 13.8. The molecule has 0 bridgehead atoms. The van der Waals surface area contributed by atoms with Gasteiger partial charge in [-0.15, -0.1) is 0 Å². The van der Waals surface area contributed by atoms with Crippen molar-refractivity contribution >= 4 is 17.3 Å². The van der Waals surface area contributed by atoms with Gasteiger partial charge in [-0.3, -0.25) is 0 Å². The van der Waals surface area contributed by atoms with Gasteiger partial charge >= 0.3 is 0 Å². The lowest BCUT2D eigenvalue weighted by molar-refractivity contribution is 0.174. The number of hydrogen-bond acceptors (Lipinski definition) is 4. The van der Waals surface area contributed by atoms with Crippen molar-refractivity contribution in [3.63, 3.8) is 0 Å². The van der Waals surface area contributed by atoms with Crippen molar-refractivity contribution < 1.29 is 9.47 Å². The molecule has 1 aromatic carbocycles. The fourth-order valence-electron chi connectivity index (χ4n) is 4.32. The smallest absolute Gasteiger partial charge is 0.169 e. The summed E-state index contributed by atoms with van der Waals surface area (Å²) in [5.41, 5.74) is 1.24. The average Bonchev–Trinajstić information content (AvgIpc) is 2.79. The lowest BCUT2D eigenvalue weighted by Gasteiger charge is -2.40. The molecule has 1 aliphatic rings. The van der Waals surface area contributed by atoms with E-state index in [0.29, 0.717) is 12.1 Å². The maximum atomic E-state index is 5.97. The number of thiocarbonyl (C=S) groups is 1. The van der Waals surface area contributed by atoms with Crippen LogP contribution in [0.25, 0.3) is 0 Å². The second-order valence-corrected chi connectivity index (χ2v) is 9.10. The summed E-state index contributed by atoms with van der Waals surface area (Å²) >= 11 is 5.97. The van der Waals surface area contributed by atoms with E-state index in [9.17, 15) is 0 Å². The van der Waals surface area contributed by atoms with Crippen molar-refractivity contribution in [1.82, 2.24) is 15.1 Å². The van der Waals surface area contributed by atoms with Gasteiger partial charge in [-0.1, -0.05) is 39.2 Å². The zero-order valence-electron chi connectivity index (χ0n) is 20.3. The number of rotatable bonds is 12. The van der Waals surface area contributed by atoms with Gasteiger partial charge in [0.1, 0.15) is 0 Å². The van der Waals surface area contributed by atoms with Crippen molar-refractivity contribution in [2.45, 2.75) is 77.3 Å². The minimum Gasteiger partial charge on any atom is -0.493 e. The Morgan fingerprint density at radius 2 is 1.87 bits per heavy atom. The van der Waals surface area contributed by atoms with Crippen LogP contribution >= 0.6 is 12.2 Å². The minimum atomic E-state index is 0.467. The molecule has 0 saturated carbocycles. The molecule has 5 nitrogen and oxygen atoms in total. The van der Waals surface area contributed by atoms with Crippen LogP contribution in [0.3, 0.4) is 0 Å². The van der Waals surface area contributed by atoms with Crippen LogP contribution in [0.1, 0.15) is 64.4 Å². The Hall–Kier alpha value is -1.53. The lowest BCUT2D eigenvalue weighted by atomic mass is 10.0. The zero-order chi connectivity index (χ0) is 22.6. The first-order valence-corrected chi connectivity index (χ1v) is 12.4. The summed E-state index contributed by atoms with van der Waals surface area (Å²) in [6.45, 7) is 7.70. The molecule has 1 heterocycles. The molecular weight excluding hydrogens is 406 g/mol. The number of ether oxygens (including phenoxy) is 2. The van der Waals surface area contributed by atoms with Crippen molar-refractivity contribution in [3.8, 4) is 11.5 Å². The fourth-order valence-corrected chi connectivity index (χ4v) is 4.73. The van der Waals surface area contributed by atoms with Gasteiger partial charge in [0.2, 0.25) is 0 Å². The molecule has 1 atom stereocenters. The molecule has 31 heavy (non-hydrogen) atoms. The zero-order valence-corrected chi connectivity index (χ0v) is 21.1. The number of nitrogens with one attached hydrogen (secondary N) is 1. The Kier molecular flexibility index (Phi) is 11.4. The molecule has 6 heteroatoms. The highest BCUT2D eigenvalue weighted by Crippen LogP contribution is 2.28. The van der Waals surface area contributed by atoms with Crippen molar-refractivity contribution in [2.24, 2.45) is 0 Å². The van der Waals surface area contributed by atoms with Gasteiger partial charge in [0, 0.05) is 18.6 Å². The summed E-state index contributed by atoms with van der Waals surface area (Å²) in [4.78, 5) is 4.88. The highest BCUT2D eigenvalue weighted by molar-refractivity contribution is 7.80. The molecule has 1 saturated heterocycles. The maximum absolute atomic E-state index is 5.97. The van der Waals surface area contributed by atoms with Crippen LogP contribution in [0, 0.1) is 0 Å². The standard InChI is InChI=1S/C25H43N3O2S/c1-6-8-9-10-21(7-2)26-25(31)28(22-14-16-27(3)17-15-22)18-13-20-11-12-23(29-4)24(19-20)30-5/h11-12,19,21-22H,6-10,13-18H2,1-5H3,(H,26,31). The summed E-state index contributed by atoms with van der Waals surface area (Å²) in [6, 6.07) is 7.18. The number of unbranched alkanes of at least 4 members (excludes halogenated alkanes) is 2. The van der Waals surface area contributed by atoms with Gasteiger partial charge in [0.15, 0.2) is 16.6 Å². The number of benzene rings is 1. The molecule has 0 amide bonds. The fraction of sp³-hybridized carbons (Fsp3) is 0.720. The van der Waals surface area contributed by atoms with Crippen LogP contribution in [-0.2, 0) is 6.42 Å². The quantitative estimate of drug-likeness (QED) is 0.362. The average molecular weight is 450 g/mol. The van der Waals surface area contributed by atoms with Gasteiger partial charge in [0.05, 0.1) is 14.2 Å². The molecule has 1 fully saturated rings. The lowest BCUT2D eigenvalue weighted by Crippen LogP contribution is -2.52. The number of hydrogen-bond donors (Lipinski definition) is 1. The van der Waals surface area contributed by atoms with E-state index in [1.54, 1.807) is 14.2 Å². The molecule has 1 N–H and O–H groups in total. The molecule has 1 unspecified atom stereocenters. The van der Waals surface area contributed by atoms with Crippen LogP contribution in [0.5, 0.6) is 11.5 Å². The van der Waals surface area contributed by atoms with E-state index in [1.807, 2.05) is 6.07 Å². The summed E-state index contributed by atoms with van der Waals surface area (Å²) in [5, 5.41) is 4.64. The predicted molar refractivity (Wildman–Crippen MR) is 134 cm³/mol. The van der Waals surface area contributed by atoms with E-state index in [1.165, 1.54) is 31.2 Å². The molecule has 176 valence electrons. The molecule has 2 rings (SSSR count). The topological polar surface area (TPSA) is 37.0 Å². The molecule has 0 spiro atoms. The molecular formula is C25H43N3O2S. The summed E-state index contributed by atoms with van der Waals surface area (Å²) < 4.78 is 10.9. The van der Waals surface area contributed by atoms with Gasteiger partial charge in [-0.25, -0.2) is 0 Å². The van der Waals surface area contributed by atoms with E-state index in [-0.39, 0.29) is 0 Å². The maximum Gasteiger partial charge on any atom is 0.169 e. The first kappa shape index (κ1) is 25.7. The van der Waals surface area contributed by atoms with Gasteiger partial charge < -0.3 is 24.6 Å². The molecule has 1 aliphatic heterocycles. The minimum absolute atomic E-state index is 0.467. The summed E-state index contributed by atoms with van der Waals surface area (Å²) in [5.74, 6) is 1.56. The normalized spacial score (nSPS) is 16.0. The summed E-state index contributed by atoms with van der Waals surface area (Å²) in [6.07, 6.45) is 9.39. The monoisotopic (exact) mass is 449 g/mol. The van der Waals surface area contributed by atoms with E-state index in [2.05, 4.69) is 48.1 Å². The third kappa shape index (κ3) is 8.15. The molecule has 1 aromatic rings. The van der Waals surface area contributed by atoms with Gasteiger partial charge in [-0.05, 0) is 82.2 Å². The first-order valence-electron chi connectivity index (χ1n) is 12.0. The Morgan fingerprint density at radius 1 is 1.16 bits per heavy atom. The number of nitrogens with zero attached hydrogens (tertiary/aromatic N) is 2. The third-order valence-corrected chi connectivity index (χ3v) is 6.81. The Morgan fingerprint density at radius 3 is 2.48 bits per heavy atom. The van der Waals surface area contributed by atoms with Crippen molar-refractivity contribution in [1.29, 1.82) is 0 Å². The molecule has 0 aromatic heterocycles. The van der Waals surface area contributed by atoms with Crippen LogP contribution in [-0.4, -0.2) is 67.9 Å². The number of methoxy groups -OCH3 is 2. The largest absolute Gasteiger partial charge is 0.493 e. The second-order valence-electron chi connectivity index (χ2n) is 8.72. The highest BCUT2D eigenvalue weighted by Gasteiger charge is 2.26. The SMILES string of the molecule is CCCCCC(CC)NC(=S)N(CCc1ccc(OC)c(OC)c1)C1CCN(C)CC1. The van der Waals surface area contributed by atoms with Crippen molar-refractivity contribution in [2.75, 3.05) is 40.9 Å². The van der Waals surface area contributed by atoms with E-state index in [4.69, 9.17) is 21.7 Å². The Balaban J connectivity index is 2.06. The van der Waals surface area contributed by atoms with E-state index < -0.39 is 0 Å². The van der Waals surface area contributed by atoms with E-state index >= 15 is 0 Å². The predicted octanol–water partition coefficient (Wildman–Crippen LogP) is 4.88. The Labute approximate surface area is 195 Å². The Bertz CT molecular complexity index is 662. The molecule has 0 radical (unpaired) electrons. The van der Waals surface area contributed by atoms with E-state index in [0.717, 1.165) is 61.9 Å². The summed E-state index contributed by atoms with van der Waals surface area (Å²) in [7, 11) is 5.57. The van der Waals surface area contributed by atoms with Crippen LogP contribution in [0.15, 0.2) is 18.2 Å². The van der Waals surface area contributed by atoms with Crippen LogP contribution < -0.4 is 14.8 Å². The van der Waals surface area contributed by atoms with Crippen LogP contribution in [0.4, 0.5) is 0 Å². The third-order valence-electron chi connectivity index (χ3n) is 6.46. The van der Waals surface area contributed by atoms with Gasteiger partial charge in [0.25, 0.3) is 0 Å². The molecule has 0 aliphatic carbocycles. The van der Waals surface area contributed by atoms with Crippen LogP contribution in [0.2, 0.25) is 0 Å². The van der Waals surface area contributed by atoms with Gasteiger partial charge in [-0.2, -0.15) is 0 Å². The number of piperidine rings is 1. The van der Waals surface area contributed by atoms with Crippen molar-refractivity contribution in [3.05, 3.63) is 23.8 Å². The first-order chi connectivity index (χ1) is 15.0.